The Hall–Kier alpha value is -1.67. The molecule has 1 aromatic rings. The molecule has 26 heavy (non-hydrogen) atoms. The second-order valence-corrected chi connectivity index (χ2v) is 7.36. The van der Waals surface area contributed by atoms with E-state index in [1.807, 2.05) is 20.8 Å². The normalized spacial score (nSPS) is 15.6. The molecular weight excluding hydrogens is 352 g/mol. The standard InChI is InChI=1S/C18H30N4O3S/c1-5-19-18(20-9-10-24-11-14-7-8-14)22-13(4)16-21-12(3)15(26-16)17(23)25-6-2/h13-14H,5-11H2,1-4H3,(H2,19,20,22). The minimum atomic E-state index is -0.311. The number of aliphatic imine (C=N–C) groups is 1. The summed E-state index contributed by atoms with van der Waals surface area (Å²) in [6, 6.07) is -0.0629. The zero-order chi connectivity index (χ0) is 18.9. The van der Waals surface area contributed by atoms with Gasteiger partial charge >= 0.3 is 5.97 Å². The number of carbonyl (C=O) groups is 1. The fourth-order valence-corrected chi connectivity index (χ4v) is 3.29. The molecule has 0 bridgehead atoms. The van der Waals surface area contributed by atoms with Crippen molar-refractivity contribution < 1.29 is 14.3 Å². The molecule has 146 valence electrons. The van der Waals surface area contributed by atoms with Gasteiger partial charge in [-0.25, -0.2) is 9.78 Å². The fraction of sp³-hybridized carbons (Fsp3) is 0.722. The largest absolute Gasteiger partial charge is 0.462 e. The van der Waals surface area contributed by atoms with Crippen molar-refractivity contribution in [1.29, 1.82) is 0 Å². The second-order valence-electron chi connectivity index (χ2n) is 6.33. The number of aromatic nitrogens is 1. The summed E-state index contributed by atoms with van der Waals surface area (Å²) in [7, 11) is 0. The van der Waals surface area contributed by atoms with Gasteiger partial charge in [0.25, 0.3) is 0 Å². The van der Waals surface area contributed by atoms with Gasteiger partial charge in [-0.15, -0.1) is 11.3 Å². The number of guanidine groups is 1. The molecule has 0 saturated heterocycles. The maximum absolute atomic E-state index is 12.0. The molecule has 1 aliphatic carbocycles. The number of hydrogen-bond donors (Lipinski definition) is 2. The Labute approximate surface area is 159 Å². The summed E-state index contributed by atoms with van der Waals surface area (Å²) in [5.41, 5.74) is 0.701. The van der Waals surface area contributed by atoms with E-state index in [0.717, 1.165) is 30.0 Å². The first kappa shape index (κ1) is 20.6. The molecule has 0 spiro atoms. The minimum Gasteiger partial charge on any atom is -0.462 e. The van der Waals surface area contributed by atoms with Crippen molar-refractivity contribution in [3.8, 4) is 0 Å². The van der Waals surface area contributed by atoms with Gasteiger partial charge in [-0.1, -0.05) is 0 Å². The SMILES string of the molecule is CCNC(=NCCOCC1CC1)NC(C)c1nc(C)c(C(=O)OCC)s1. The van der Waals surface area contributed by atoms with Gasteiger partial charge in [-0.2, -0.15) is 0 Å². The molecule has 1 aliphatic rings. The van der Waals surface area contributed by atoms with Crippen LogP contribution in [0.1, 0.15) is 60.0 Å². The summed E-state index contributed by atoms with van der Waals surface area (Å²) in [5.74, 6) is 1.18. The number of aryl methyl sites for hydroxylation is 1. The number of carbonyl (C=O) groups excluding carboxylic acids is 1. The van der Waals surface area contributed by atoms with Crippen LogP contribution in [-0.2, 0) is 9.47 Å². The zero-order valence-corrected chi connectivity index (χ0v) is 16.9. The highest BCUT2D eigenvalue weighted by atomic mass is 32.1. The van der Waals surface area contributed by atoms with Crippen LogP contribution in [0, 0.1) is 12.8 Å². The van der Waals surface area contributed by atoms with E-state index in [1.54, 1.807) is 6.92 Å². The molecule has 2 rings (SSSR count). The van der Waals surface area contributed by atoms with Crippen LogP contribution in [-0.4, -0.2) is 49.8 Å². The lowest BCUT2D eigenvalue weighted by Crippen LogP contribution is -2.39. The van der Waals surface area contributed by atoms with Crippen LogP contribution in [0.4, 0.5) is 0 Å². The molecule has 1 heterocycles. The molecule has 8 heteroatoms. The first-order valence-corrected chi connectivity index (χ1v) is 10.1. The van der Waals surface area contributed by atoms with E-state index >= 15 is 0 Å². The molecular formula is C18H30N4O3S. The van der Waals surface area contributed by atoms with Gasteiger partial charge in [0, 0.05) is 13.2 Å². The summed E-state index contributed by atoms with van der Waals surface area (Å²) in [4.78, 5) is 21.6. The van der Waals surface area contributed by atoms with E-state index in [4.69, 9.17) is 9.47 Å². The van der Waals surface area contributed by atoms with E-state index in [1.165, 1.54) is 24.2 Å². The lowest BCUT2D eigenvalue weighted by molar-refractivity contribution is 0.0531. The molecule has 0 aromatic carbocycles. The number of nitrogens with zero attached hydrogens (tertiary/aromatic N) is 2. The van der Waals surface area contributed by atoms with Crippen LogP contribution in [0.15, 0.2) is 4.99 Å². The molecule has 2 N–H and O–H groups in total. The van der Waals surface area contributed by atoms with Crippen molar-refractivity contribution in [1.82, 2.24) is 15.6 Å². The predicted octanol–water partition coefficient (Wildman–Crippen LogP) is 2.67. The molecule has 7 nitrogen and oxygen atoms in total. The molecule has 1 fully saturated rings. The molecule has 1 aromatic heterocycles. The molecule has 1 saturated carbocycles. The fourth-order valence-electron chi connectivity index (χ4n) is 2.33. The average molecular weight is 383 g/mol. The lowest BCUT2D eigenvalue weighted by Gasteiger charge is -2.16. The Morgan fingerprint density at radius 2 is 2.19 bits per heavy atom. The van der Waals surface area contributed by atoms with Crippen LogP contribution < -0.4 is 10.6 Å². The van der Waals surface area contributed by atoms with Crippen molar-refractivity contribution in [3.05, 3.63) is 15.6 Å². The van der Waals surface area contributed by atoms with Crippen molar-refractivity contribution in [2.24, 2.45) is 10.9 Å². The van der Waals surface area contributed by atoms with Crippen molar-refractivity contribution in [2.75, 3.05) is 32.9 Å². The third-order valence-corrected chi connectivity index (χ3v) is 5.22. The first-order chi connectivity index (χ1) is 12.5. The van der Waals surface area contributed by atoms with Crippen molar-refractivity contribution in [2.45, 2.75) is 46.6 Å². The highest BCUT2D eigenvalue weighted by molar-refractivity contribution is 7.13. The Morgan fingerprint density at radius 3 is 2.85 bits per heavy atom. The summed E-state index contributed by atoms with van der Waals surface area (Å²) < 4.78 is 10.7. The van der Waals surface area contributed by atoms with E-state index in [0.29, 0.717) is 30.3 Å². The van der Waals surface area contributed by atoms with Gasteiger partial charge in [0.1, 0.15) is 9.88 Å². The number of ether oxygens (including phenoxy) is 2. The van der Waals surface area contributed by atoms with E-state index in [-0.39, 0.29) is 12.0 Å². The van der Waals surface area contributed by atoms with Gasteiger partial charge < -0.3 is 20.1 Å². The second kappa shape index (κ2) is 10.5. The number of nitrogens with one attached hydrogen (secondary N) is 2. The predicted molar refractivity (Wildman–Crippen MR) is 104 cm³/mol. The van der Waals surface area contributed by atoms with Gasteiger partial charge in [0.05, 0.1) is 31.5 Å². The summed E-state index contributed by atoms with van der Waals surface area (Å²) in [5, 5.41) is 7.40. The molecule has 1 unspecified atom stereocenters. The quantitative estimate of drug-likeness (QED) is 0.280. The zero-order valence-electron chi connectivity index (χ0n) is 16.1. The average Bonchev–Trinajstić information content (AvgIpc) is 3.34. The first-order valence-electron chi connectivity index (χ1n) is 9.32. The van der Waals surface area contributed by atoms with Crippen LogP contribution in [0.3, 0.4) is 0 Å². The third-order valence-electron chi connectivity index (χ3n) is 3.90. The van der Waals surface area contributed by atoms with Crippen molar-refractivity contribution in [3.63, 3.8) is 0 Å². The molecule has 0 aliphatic heterocycles. The maximum Gasteiger partial charge on any atom is 0.350 e. The summed E-state index contributed by atoms with van der Waals surface area (Å²) in [6.45, 7) is 10.9. The Kier molecular flexibility index (Phi) is 8.31. The highest BCUT2D eigenvalue weighted by Crippen LogP contribution is 2.28. The molecule has 0 radical (unpaired) electrons. The third kappa shape index (κ3) is 6.57. The monoisotopic (exact) mass is 382 g/mol. The van der Waals surface area contributed by atoms with Gasteiger partial charge in [0.15, 0.2) is 5.96 Å². The van der Waals surface area contributed by atoms with E-state index < -0.39 is 0 Å². The topological polar surface area (TPSA) is 84.8 Å². The van der Waals surface area contributed by atoms with Crippen molar-refractivity contribution >= 4 is 23.3 Å². The van der Waals surface area contributed by atoms with Crippen LogP contribution in [0.5, 0.6) is 0 Å². The van der Waals surface area contributed by atoms with Gasteiger partial charge in [-0.05, 0) is 46.5 Å². The minimum absolute atomic E-state index is 0.0629. The highest BCUT2D eigenvalue weighted by Gasteiger charge is 2.21. The van der Waals surface area contributed by atoms with Crippen LogP contribution >= 0.6 is 11.3 Å². The Morgan fingerprint density at radius 1 is 1.42 bits per heavy atom. The van der Waals surface area contributed by atoms with Gasteiger partial charge in [-0.3, -0.25) is 4.99 Å². The number of rotatable bonds is 10. The van der Waals surface area contributed by atoms with E-state index in [2.05, 4.69) is 20.6 Å². The summed E-state index contributed by atoms with van der Waals surface area (Å²) >= 11 is 1.36. The van der Waals surface area contributed by atoms with E-state index in [9.17, 15) is 4.79 Å². The summed E-state index contributed by atoms with van der Waals surface area (Å²) in [6.07, 6.45) is 2.60. The smallest absolute Gasteiger partial charge is 0.350 e. The number of esters is 1. The Bertz CT molecular complexity index is 614. The number of hydrogen-bond acceptors (Lipinski definition) is 6. The molecule has 1 atom stereocenters. The van der Waals surface area contributed by atoms with Crippen LogP contribution in [0.25, 0.3) is 0 Å². The number of thiazole rings is 1. The van der Waals surface area contributed by atoms with Gasteiger partial charge in [0.2, 0.25) is 0 Å². The lowest BCUT2D eigenvalue weighted by atomic mass is 10.3. The molecule has 0 amide bonds. The maximum atomic E-state index is 12.0. The van der Waals surface area contributed by atoms with Crippen LogP contribution in [0.2, 0.25) is 0 Å². The Balaban J connectivity index is 1.89.